The van der Waals surface area contributed by atoms with Gasteiger partial charge in [0.05, 0.1) is 0 Å². The van der Waals surface area contributed by atoms with Crippen LogP contribution >= 0.6 is 0 Å². The molecule has 12 nitrogen and oxygen atoms in total. The van der Waals surface area contributed by atoms with Crippen LogP contribution in [0.3, 0.4) is 0 Å². The molecule has 0 fully saturated rings. The van der Waals surface area contributed by atoms with E-state index in [9.17, 15) is 0 Å². The fourth-order valence-electron chi connectivity index (χ4n) is 0. The monoisotopic (exact) mass is 394 g/mol. The first-order valence-electron chi connectivity index (χ1n) is 2.10. The van der Waals surface area contributed by atoms with Gasteiger partial charge in [0.2, 0.25) is 0 Å². The summed E-state index contributed by atoms with van der Waals surface area (Å²) in [6.45, 7) is 0. The van der Waals surface area contributed by atoms with Crippen LogP contribution in [0.4, 0.5) is 0 Å². The van der Waals surface area contributed by atoms with Crippen molar-refractivity contribution in [3.63, 3.8) is 0 Å². The first kappa shape index (κ1) is 37.0. The van der Waals surface area contributed by atoms with E-state index >= 15 is 0 Å². The molecule has 0 spiro atoms. The maximum absolute atomic E-state index is 8.74. The van der Waals surface area contributed by atoms with Crippen molar-refractivity contribution in [1.82, 2.24) is 0 Å². The maximum atomic E-state index is 8.74. The largest absolute Gasteiger partial charge is 1.00 e. The zero-order valence-electron chi connectivity index (χ0n) is 8.36. The molecule has 0 aliphatic heterocycles. The van der Waals surface area contributed by atoms with E-state index in [0.29, 0.717) is 0 Å². The van der Waals surface area contributed by atoms with Crippen molar-refractivity contribution < 1.29 is 105 Å². The van der Waals surface area contributed by atoms with Crippen LogP contribution in [0.1, 0.15) is 1.43 Å². The Balaban J connectivity index is -0.0000000206. The molecule has 0 radical (unpaired) electrons. The summed E-state index contributed by atoms with van der Waals surface area (Å²) in [5, 5.41) is 0. The van der Waals surface area contributed by atoms with Gasteiger partial charge in [0.25, 0.3) is 0 Å². The Morgan fingerprint density at radius 1 is 0.500 bits per heavy atom. The molecule has 0 aromatic heterocycles. The van der Waals surface area contributed by atoms with Crippen LogP contribution in [0.5, 0.6) is 0 Å². The van der Waals surface area contributed by atoms with Crippen LogP contribution in [-0.2, 0) is 31.2 Å². The number of rotatable bonds is 0. The molecule has 0 aliphatic rings. The summed E-state index contributed by atoms with van der Waals surface area (Å²) in [6.07, 6.45) is 0. The minimum absolute atomic E-state index is 0. The summed E-state index contributed by atoms with van der Waals surface area (Å²) in [5.74, 6) is 0. The van der Waals surface area contributed by atoms with Crippen molar-refractivity contribution in [1.29, 1.82) is 0 Å². The molecule has 18 heavy (non-hydrogen) atoms. The quantitative estimate of drug-likeness (QED) is 0.166. The molecule has 0 heterocycles. The second-order valence-corrected chi connectivity index (χ2v) is 4.03. The first-order chi connectivity index (χ1) is 6.00. The SMILES string of the molecule is O=S(=O)(O)O.O=S(=O)(O)O.O=S(=O)(O)O.[AlH3].[AlH3].[H-].[K+]. The van der Waals surface area contributed by atoms with Gasteiger partial charge in [0.15, 0.2) is 34.7 Å². The minimum Gasteiger partial charge on any atom is -1.00 e. The van der Waals surface area contributed by atoms with Gasteiger partial charge in [-0.05, 0) is 0 Å². The third-order valence-electron chi connectivity index (χ3n) is 0. The fourth-order valence-corrected chi connectivity index (χ4v) is 0. The maximum Gasteiger partial charge on any atom is 1.00 e. The fraction of sp³-hybridized carbons (Fsp3) is 0. The van der Waals surface area contributed by atoms with Crippen molar-refractivity contribution in [2.75, 3.05) is 0 Å². The molecule has 0 bridgehead atoms. The molecule has 0 rings (SSSR count). The van der Waals surface area contributed by atoms with Crippen LogP contribution < -0.4 is 51.4 Å². The molecule has 0 unspecified atom stereocenters. The van der Waals surface area contributed by atoms with Crippen molar-refractivity contribution in [2.45, 2.75) is 0 Å². The molecule has 0 aromatic rings. The van der Waals surface area contributed by atoms with E-state index in [1.165, 1.54) is 0 Å². The van der Waals surface area contributed by atoms with E-state index in [0.717, 1.165) is 0 Å². The summed E-state index contributed by atoms with van der Waals surface area (Å²) < 4.78 is 94.8. The molecule has 110 valence electrons. The van der Waals surface area contributed by atoms with Crippen LogP contribution in [0, 0.1) is 0 Å². The minimum atomic E-state index is -4.67. The molecular weight excluding hydrogens is 381 g/mol. The summed E-state index contributed by atoms with van der Waals surface area (Å²) in [6, 6.07) is 0. The average molecular weight is 394 g/mol. The standard InChI is InChI=1S/2Al.K.3H2O4S.7H/c;;;3*1-5(2,3)4;;;;;;;/h;;;3*(H2,1,2,3,4);;;;;;;/q;;+1;;;;;;;;;;-1. The molecule has 0 aliphatic carbocycles. The number of hydrogen-bond donors (Lipinski definition) is 6. The van der Waals surface area contributed by atoms with Gasteiger partial charge in [-0.3, -0.25) is 27.3 Å². The Hall–Kier alpha value is 2.31. The molecule has 0 aromatic carbocycles. The molecule has 0 saturated carbocycles. The van der Waals surface area contributed by atoms with E-state index in [1.807, 2.05) is 0 Å². The predicted octanol–water partition coefficient (Wildman–Crippen LogP) is -7.21. The zero-order chi connectivity index (χ0) is 13.5. The van der Waals surface area contributed by atoms with Crippen LogP contribution in [-0.4, -0.2) is 87.3 Å². The van der Waals surface area contributed by atoms with E-state index in [1.54, 1.807) is 0 Å². The van der Waals surface area contributed by atoms with Gasteiger partial charge in [-0.15, -0.1) is 0 Å². The van der Waals surface area contributed by atoms with Crippen LogP contribution in [0.15, 0.2) is 0 Å². The summed E-state index contributed by atoms with van der Waals surface area (Å²) in [4.78, 5) is 0. The van der Waals surface area contributed by atoms with Gasteiger partial charge in [-0.1, -0.05) is 0 Å². The van der Waals surface area contributed by atoms with Crippen LogP contribution in [0.2, 0.25) is 0 Å². The first-order valence-corrected chi connectivity index (χ1v) is 6.29. The average Bonchev–Trinajstić information content (AvgIpc) is 1.41. The third kappa shape index (κ3) is 1030. The smallest absolute Gasteiger partial charge is 1.00 e. The normalized spacial score (nSPS) is 9.67. The van der Waals surface area contributed by atoms with Crippen molar-refractivity contribution in [2.24, 2.45) is 0 Å². The van der Waals surface area contributed by atoms with Crippen LogP contribution in [0.25, 0.3) is 0 Å². The number of hydrogen-bond acceptors (Lipinski definition) is 6. The Labute approximate surface area is 168 Å². The Morgan fingerprint density at radius 2 is 0.500 bits per heavy atom. The molecule has 0 atom stereocenters. The van der Waals surface area contributed by atoms with Crippen molar-refractivity contribution >= 4 is 65.9 Å². The summed E-state index contributed by atoms with van der Waals surface area (Å²) in [7, 11) is -14.0. The Kier molecular flexibility index (Phi) is 32.2. The van der Waals surface area contributed by atoms with Gasteiger partial charge in [-0.25, -0.2) is 0 Å². The van der Waals surface area contributed by atoms with Gasteiger partial charge in [0, 0.05) is 0 Å². The molecule has 6 N–H and O–H groups in total. The van der Waals surface area contributed by atoms with Gasteiger partial charge >= 0.3 is 82.6 Å². The molecular formula is H13Al2KO12S3. The van der Waals surface area contributed by atoms with Gasteiger partial charge in [-0.2, -0.15) is 25.3 Å². The van der Waals surface area contributed by atoms with Gasteiger partial charge < -0.3 is 1.43 Å². The second kappa shape index (κ2) is 15.7. The molecule has 0 saturated heterocycles. The zero-order valence-corrected chi connectivity index (χ0v) is 12.9. The molecule has 0 amide bonds. The predicted molar refractivity (Wildman–Crippen MR) is 63.5 cm³/mol. The van der Waals surface area contributed by atoms with E-state index in [-0.39, 0.29) is 87.5 Å². The Morgan fingerprint density at radius 3 is 0.500 bits per heavy atom. The molecule has 18 heteroatoms. The summed E-state index contributed by atoms with van der Waals surface area (Å²) >= 11 is 0. The van der Waals surface area contributed by atoms with Crippen molar-refractivity contribution in [3.8, 4) is 0 Å². The van der Waals surface area contributed by atoms with E-state index < -0.39 is 31.2 Å². The Bertz CT molecular complexity index is 352. The topological polar surface area (TPSA) is 224 Å². The van der Waals surface area contributed by atoms with Gasteiger partial charge in [0.1, 0.15) is 0 Å². The van der Waals surface area contributed by atoms with E-state index in [4.69, 9.17) is 52.6 Å². The second-order valence-electron chi connectivity index (χ2n) is 1.34. The van der Waals surface area contributed by atoms with E-state index in [2.05, 4.69) is 0 Å². The summed E-state index contributed by atoms with van der Waals surface area (Å²) in [5.41, 5.74) is 0. The van der Waals surface area contributed by atoms with Crippen molar-refractivity contribution in [3.05, 3.63) is 0 Å². The third-order valence-corrected chi connectivity index (χ3v) is 0.